The Balaban J connectivity index is 1.51. The average molecular weight is 297 g/mol. The predicted octanol–water partition coefficient (Wildman–Crippen LogP) is 2.46. The van der Waals surface area contributed by atoms with Gasteiger partial charge in [-0.05, 0) is 17.7 Å². The molecule has 5 heteroatoms. The van der Waals surface area contributed by atoms with E-state index >= 15 is 0 Å². The van der Waals surface area contributed by atoms with Gasteiger partial charge in [0.2, 0.25) is 0 Å². The Morgan fingerprint density at radius 2 is 2.09 bits per heavy atom. The third-order valence-corrected chi connectivity index (χ3v) is 4.26. The van der Waals surface area contributed by atoms with Gasteiger partial charge in [0.15, 0.2) is 0 Å². The lowest BCUT2D eigenvalue weighted by Gasteiger charge is -2.16. The van der Waals surface area contributed by atoms with Crippen LogP contribution in [0.1, 0.15) is 11.1 Å². The van der Waals surface area contributed by atoms with Crippen LogP contribution in [0.2, 0.25) is 0 Å². The number of oxime groups is 1. The van der Waals surface area contributed by atoms with Crippen molar-refractivity contribution < 1.29 is 9.23 Å². The van der Waals surface area contributed by atoms with Crippen molar-refractivity contribution in [3.8, 4) is 0 Å². The Morgan fingerprint density at radius 3 is 2.91 bits per heavy atom. The summed E-state index contributed by atoms with van der Waals surface area (Å²) in [6.45, 7) is 2.46. The standard InChI is InChI=1S/C17H16FN3O/c18-15-6-2-1-5-13(15)17-14-10-21(11-16(14)22-20-17)9-12-4-3-7-19-8-12/h1-8,14,16H,9-11H2/t14-,16-/m1/s1. The van der Waals surface area contributed by atoms with E-state index in [1.165, 1.54) is 11.6 Å². The monoisotopic (exact) mass is 297 g/mol. The smallest absolute Gasteiger partial charge is 0.149 e. The molecule has 0 spiro atoms. The Bertz CT molecular complexity index is 704. The summed E-state index contributed by atoms with van der Waals surface area (Å²) >= 11 is 0. The largest absolute Gasteiger partial charge is 0.390 e. The highest BCUT2D eigenvalue weighted by Gasteiger charge is 2.43. The molecule has 0 amide bonds. The number of aromatic nitrogens is 1. The number of rotatable bonds is 3. The highest BCUT2D eigenvalue weighted by Crippen LogP contribution is 2.31. The second-order valence-corrected chi connectivity index (χ2v) is 5.76. The maximum absolute atomic E-state index is 14.0. The Labute approximate surface area is 128 Å². The summed E-state index contributed by atoms with van der Waals surface area (Å²) in [5.74, 6) is -0.107. The molecule has 0 unspecified atom stereocenters. The van der Waals surface area contributed by atoms with Crippen LogP contribution >= 0.6 is 0 Å². The number of pyridine rings is 1. The van der Waals surface area contributed by atoms with Crippen molar-refractivity contribution in [1.82, 2.24) is 9.88 Å². The highest BCUT2D eigenvalue weighted by atomic mass is 19.1. The zero-order valence-electron chi connectivity index (χ0n) is 12.0. The lowest BCUT2D eigenvalue weighted by molar-refractivity contribution is 0.0745. The minimum atomic E-state index is -0.240. The van der Waals surface area contributed by atoms with E-state index < -0.39 is 0 Å². The number of hydrogen-bond donors (Lipinski definition) is 0. The van der Waals surface area contributed by atoms with Crippen LogP contribution in [-0.2, 0) is 11.4 Å². The zero-order chi connectivity index (χ0) is 14.9. The lowest BCUT2D eigenvalue weighted by Crippen LogP contribution is -2.23. The number of fused-ring (bicyclic) bond motifs is 1. The molecule has 1 aromatic heterocycles. The highest BCUT2D eigenvalue weighted by molar-refractivity contribution is 6.03. The first-order valence-corrected chi connectivity index (χ1v) is 7.41. The minimum absolute atomic E-state index is 0.0197. The van der Waals surface area contributed by atoms with E-state index in [1.54, 1.807) is 18.3 Å². The Morgan fingerprint density at radius 1 is 1.18 bits per heavy atom. The lowest BCUT2D eigenvalue weighted by atomic mass is 9.94. The van der Waals surface area contributed by atoms with E-state index in [9.17, 15) is 4.39 Å². The first-order valence-electron chi connectivity index (χ1n) is 7.41. The summed E-state index contributed by atoms with van der Waals surface area (Å²) < 4.78 is 14.0. The van der Waals surface area contributed by atoms with Gasteiger partial charge in [-0.15, -0.1) is 0 Å². The van der Waals surface area contributed by atoms with Gasteiger partial charge < -0.3 is 4.84 Å². The number of benzene rings is 1. The molecule has 4 nitrogen and oxygen atoms in total. The van der Waals surface area contributed by atoms with E-state index in [1.807, 2.05) is 18.3 Å². The van der Waals surface area contributed by atoms with Crippen molar-refractivity contribution in [2.75, 3.05) is 13.1 Å². The molecule has 0 radical (unpaired) electrons. The molecule has 0 saturated carbocycles. The van der Waals surface area contributed by atoms with E-state index in [4.69, 9.17) is 4.84 Å². The van der Waals surface area contributed by atoms with E-state index in [0.717, 1.165) is 25.3 Å². The van der Waals surface area contributed by atoms with Crippen LogP contribution in [0, 0.1) is 11.7 Å². The molecular weight excluding hydrogens is 281 g/mol. The first kappa shape index (κ1) is 13.4. The molecule has 2 aromatic rings. The summed E-state index contributed by atoms with van der Waals surface area (Å²) in [4.78, 5) is 12.0. The van der Waals surface area contributed by atoms with Gasteiger partial charge in [-0.3, -0.25) is 9.88 Å². The number of nitrogens with zero attached hydrogens (tertiary/aromatic N) is 3. The van der Waals surface area contributed by atoms with Crippen LogP contribution in [-0.4, -0.2) is 34.8 Å². The van der Waals surface area contributed by atoms with E-state index in [-0.39, 0.29) is 17.8 Å². The van der Waals surface area contributed by atoms with Crippen LogP contribution in [0.5, 0.6) is 0 Å². The van der Waals surface area contributed by atoms with E-state index in [2.05, 4.69) is 21.1 Å². The molecule has 112 valence electrons. The van der Waals surface area contributed by atoms with Gasteiger partial charge in [-0.25, -0.2) is 4.39 Å². The normalized spacial score (nSPS) is 24.0. The molecule has 2 atom stereocenters. The van der Waals surface area contributed by atoms with Gasteiger partial charge >= 0.3 is 0 Å². The van der Waals surface area contributed by atoms with Crippen molar-refractivity contribution in [2.45, 2.75) is 12.6 Å². The fraction of sp³-hybridized carbons (Fsp3) is 0.294. The van der Waals surface area contributed by atoms with Crippen molar-refractivity contribution >= 4 is 5.71 Å². The van der Waals surface area contributed by atoms with Crippen molar-refractivity contribution in [2.24, 2.45) is 11.1 Å². The topological polar surface area (TPSA) is 37.7 Å². The van der Waals surface area contributed by atoms with Gasteiger partial charge in [0.25, 0.3) is 0 Å². The minimum Gasteiger partial charge on any atom is -0.390 e. The third kappa shape index (κ3) is 2.37. The molecule has 0 N–H and O–H groups in total. The summed E-state index contributed by atoms with van der Waals surface area (Å²) in [5.41, 5.74) is 2.46. The van der Waals surface area contributed by atoms with Gasteiger partial charge in [0.05, 0.1) is 11.6 Å². The fourth-order valence-corrected chi connectivity index (χ4v) is 3.21. The molecule has 0 bridgehead atoms. The molecule has 2 aliphatic rings. The average Bonchev–Trinajstić information content (AvgIpc) is 3.09. The SMILES string of the molecule is Fc1ccccc1C1=NO[C@@H]2CN(Cc3cccnc3)C[C@@H]12. The maximum Gasteiger partial charge on any atom is 0.149 e. The molecular formula is C17H16FN3O. The van der Waals surface area contributed by atoms with Gasteiger partial charge in [0.1, 0.15) is 11.9 Å². The van der Waals surface area contributed by atoms with Crippen molar-refractivity contribution in [1.29, 1.82) is 0 Å². The molecule has 0 aliphatic carbocycles. The summed E-state index contributed by atoms with van der Waals surface area (Å²) in [6, 6.07) is 10.8. The molecule has 1 saturated heterocycles. The first-order chi connectivity index (χ1) is 10.8. The van der Waals surface area contributed by atoms with Crippen LogP contribution in [0.15, 0.2) is 53.9 Å². The third-order valence-electron chi connectivity index (χ3n) is 4.26. The molecule has 3 heterocycles. The Hall–Kier alpha value is -2.27. The van der Waals surface area contributed by atoms with Crippen molar-refractivity contribution in [3.05, 3.63) is 65.7 Å². The molecule has 4 rings (SSSR count). The quantitative estimate of drug-likeness (QED) is 0.873. The zero-order valence-corrected chi connectivity index (χ0v) is 12.0. The summed E-state index contributed by atoms with van der Waals surface area (Å²) in [7, 11) is 0. The van der Waals surface area contributed by atoms with Crippen molar-refractivity contribution in [3.63, 3.8) is 0 Å². The van der Waals surface area contributed by atoms with Crippen LogP contribution < -0.4 is 0 Å². The number of likely N-dealkylation sites (tertiary alicyclic amines) is 1. The number of hydrogen-bond acceptors (Lipinski definition) is 4. The van der Waals surface area contributed by atoms with Crippen LogP contribution in [0.25, 0.3) is 0 Å². The second kappa shape index (κ2) is 5.50. The van der Waals surface area contributed by atoms with Gasteiger partial charge in [-0.1, -0.05) is 29.4 Å². The summed E-state index contributed by atoms with van der Waals surface area (Å²) in [5, 5.41) is 4.13. The summed E-state index contributed by atoms with van der Waals surface area (Å²) in [6.07, 6.45) is 3.67. The number of halogens is 1. The molecule has 1 aromatic carbocycles. The molecule has 2 aliphatic heterocycles. The molecule has 1 fully saturated rings. The van der Waals surface area contributed by atoms with Crippen LogP contribution in [0.3, 0.4) is 0 Å². The molecule has 22 heavy (non-hydrogen) atoms. The van der Waals surface area contributed by atoms with E-state index in [0.29, 0.717) is 5.56 Å². The predicted molar refractivity (Wildman–Crippen MR) is 80.8 cm³/mol. The second-order valence-electron chi connectivity index (χ2n) is 5.76. The Kier molecular flexibility index (Phi) is 3.35. The maximum atomic E-state index is 14.0. The fourth-order valence-electron chi connectivity index (χ4n) is 3.21. The van der Waals surface area contributed by atoms with Gasteiger partial charge in [0, 0.05) is 37.6 Å². The van der Waals surface area contributed by atoms with Gasteiger partial charge in [-0.2, -0.15) is 0 Å². The van der Waals surface area contributed by atoms with Crippen LogP contribution in [0.4, 0.5) is 4.39 Å².